The van der Waals surface area contributed by atoms with E-state index in [-0.39, 0.29) is 24.1 Å². The number of amides is 3. The van der Waals surface area contributed by atoms with Gasteiger partial charge in [0.15, 0.2) is 0 Å². The Morgan fingerprint density at radius 3 is 2.83 bits per heavy atom. The number of piperidine rings is 1. The summed E-state index contributed by atoms with van der Waals surface area (Å²) < 4.78 is 0.608. The van der Waals surface area contributed by atoms with Gasteiger partial charge in [0.1, 0.15) is 13.9 Å². The maximum atomic E-state index is 12.1. The summed E-state index contributed by atoms with van der Waals surface area (Å²) >= 11 is 1.37. The second kappa shape index (κ2) is 3.95. The molecule has 0 bridgehead atoms. The lowest BCUT2D eigenvalue weighted by molar-refractivity contribution is -0.136. The van der Waals surface area contributed by atoms with Crippen LogP contribution in [0.25, 0.3) is 0 Å². The number of fused-ring (bicyclic) bond motifs is 1. The standard InChI is InChI=1S/C11H9BN2O3S/c12-8-3-5-7(18-8)4-14(11(5)17)6-1-2-9(15)13-10(6)16/h3,6H,1-2,4H2,(H,13,15,16). The fourth-order valence-electron chi connectivity index (χ4n) is 2.36. The van der Waals surface area contributed by atoms with Crippen LogP contribution < -0.4 is 10.1 Å². The number of nitrogens with zero attached hydrogens (tertiary/aromatic N) is 1. The molecule has 2 aliphatic rings. The van der Waals surface area contributed by atoms with Crippen molar-refractivity contribution < 1.29 is 14.4 Å². The molecule has 0 saturated carbocycles. The van der Waals surface area contributed by atoms with Gasteiger partial charge in [-0.1, -0.05) is 0 Å². The average Bonchev–Trinajstić information content (AvgIpc) is 2.78. The topological polar surface area (TPSA) is 66.5 Å². The van der Waals surface area contributed by atoms with Crippen LogP contribution in [-0.4, -0.2) is 36.5 Å². The highest BCUT2D eigenvalue weighted by Gasteiger charge is 2.39. The molecular weight excluding hydrogens is 251 g/mol. The van der Waals surface area contributed by atoms with Crippen LogP contribution in [0, 0.1) is 0 Å². The molecule has 1 saturated heterocycles. The van der Waals surface area contributed by atoms with E-state index in [1.54, 1.807) is 6.07 Å². The molecule has 2 radical (unpaired) electrons. The molecule has 18 heavy (non-hydrogen) atoms. The van der Waals surface area contributed by atoms with Gasteiger partial charge in [-0.3, -0.25) is 19.7 Å². The van der Waals surface area contributed by atoms with E-state index in [9.17, 15) is 14.4 Å². The summed E-state index contributed by atoms with van der Waals surface area (Å²) in [6.07, 6.45) is 0.663. The molecule has 3 heterocycles. The van der Waals surface area contributed by atoms with Gasteiger partial charge in [0, 0.05) is 11.3 Å². The monoisotopic (exact) mass is 260 g/mol. The van der Waals surface area contributed by atoms with Crippen molar-refractivity contribution in [1.29, 1.82) is 0 Å². The minimum atomic E-state index is -0.545. The molecule has 1 atom stereocenters. The summed E-state index contributed by atoms with van der Waals surface area (Å²) in [5.74, 6) is -0.836. The van der Waals surface area contributed by atoms with Gasteiger partial charge in [-0.2, -0.15) is 11.3 Å². The molecule has 1 aromatic rings. The van der Waals surface area contributed by atoms with E-state index >= 15 is 0 Å². The van der Waals surface area contributed by atoms with Crippen molar-refractivity contribution in [2.75, 3.05) is 0 Å². The fourth-order valence-corrected chi connectivity index (χ4v) is 3.28. The number of carbonyl (C=O) groups excluding carboxylic acids is 3. The number of imide groups is 1. The molecule has 1 N–H and O–H groups in total. The molecule has 2 aliphatic heterocycles. The Balaban J connectivity index is 1.84. The van der Waals surface area contributed by atoms with Gasteiger partial charge >= 0.3 is 0 Å². The first-order valence-electron chi connectivity index (χ1n) is 5.59. The maximum absolute atomic E-state index is 12.1. The molecule has 1 aromatic heterocycles. The second-order valence-electron chi connectivity index (χ2n) is 4.39. The summed E-state index contributed by atoms with van der Waals surface area (Å²) in [7, 11) is 5.64. The molecule has 3 amide bonds. The third kappa shape index (κ3) is 1.66. The molecule has 7 heteroatoms. The number of hydrogen-bond acceptors (Lipinski definition) is 4. The summed E-state index contributed by atoms with van der Waals surface area (Å²) in [6, 6.07) is 1.10. The first-order valence-corrected chi connectivity index (χ1v) is 6.41. The Labute approximate surface area is 109 Å². The van der Waals surface area contributed by atoms with E-state index < -0.39 is 6.04 Å². The van der Waals surface area contributed by atoms with Crippen LogP contribution >= 0.6 is 11.3 Å². The first kappa shape index (κ1) is 11.5. The number of rotatable bonds is 1. The Morgan fingerprint density at radius 1 is 1.39 bits per heavy atom. The molecule has 0 spiro atoms. The van der Waals surface area contributed by atoms with Gasteiger partial charge in [-0.25, -0.2) is 0 Å². The van der Waals surface area contributed by atoms with Gasteiger partial charge in [0.25, 0.3) is 5.91 Å². The van der Waals surface area contributed by atoms with Crippen LogP contribution in [-0.2, 0) is 16.1 Å². The number of thiophene rings is 1. The Kier molecular flexibility index (Phi) is 2.51. The highest BCUT2D eigenvalue weighted by Crippen LogP contribution is 2.29. The van der Waals surface area contributed by atoms with Crippen LogP contribution in [0.4, 0.5) is 0 Å². The molecule has 90 valence electrons. The normalized spacial score (nSPS) is 23.2. The highest BCUT2D eigenvalue weighted by atomic mass is 32.1. The third-order valence-electron chi connectivity index (χ3n) is 3.22. The van der Waals surface area contributed by atoms with E-state index in [1.807, 2.05) is 0 Å². The van der Waals surface area contributed by atoms with Crippen LogP contribution in [0.15, 0.2) is 6.07 Å². The van der Waals surface area contributed by atoms with E-state index in [2.05, 4.69) is 5.32 Å². The summed E-state index contributed by atoms with van der Waals surface area (Å²) in [5.41, 5.74) is 0.585. The van der Waals surface area contributed by atoms with Gasteiger partial charge in [-0.15, -0.1) is 0 Å². The highest BCUT2D eigenvalue weighted by molar-refractivity contribution is 7.20. The summed E-state index contributed by atoms with van der Waals surface area (Å²) in [4.78, 5) is 37.4. The third-order valence-corrected chi connectivity index (χ3v) is 4.17. The molecular formula is C11H9BN2O3S. The number of carbonyl (C=O) groups is 3. The summed E-state index contributed by atoms with van der Waals surface area (Å²) in [6.45, 7) is 0.405. The molecule has 1 unspecified atom stereocenters. The lowest BCUT2D eigenvalue weighted by Crippen LogP contribution is -2.52. The zero-order chi connectivity index (χ0) is 12.9. The zero-order valence-electron chi connectivity index (χ0n) is 9.43. The minimum absolute atomic E-state index is 0.174. The molecule has 3 rings (SSSR count). The SMILES string of the molecule is [B]c1cc2c(s1)CN(C1CCC(=O)NC1=O)C2=O. The molecule has 1 fully saturated rings. The van der Waals surface area contributed by atoms with Crippen molar-refractivity contribution in [3.63, 3.8) is 0 Å². The van der Waals surface area contributed by atoms with Crippen LogP contribution in [0.2, 0.25) is 0 Å². The quantitative estimate of drug-likeness (QED) is 0.536. The van der Waals surface area contributed by atoms with Gasteiger partial charge in [0.05, 0.1) is 12.1 Å². The Morgan fingerprint density at radius 2 is 2.17 bits per heavy atom. The van der Waals surface area contributed by atoms with Gasteiger partial charge < -0.3 is 4.90 Å². The van der Waals surface area contributed by atoms with Crippen molar-refractivity contribution in [3.05, 3.63) is 16.5 Å². The smallest absolute Gasteiger partial charge is 0.256 e. The lowest BCUT2D eigenvalue weighted by Gasteiger charge is -2.29. The average molecular weight is 260 g/mol. The predicted octanol–water partition coefficient (Wildman–Crippen LogP) is -0.697. The lowest BCUT2D eigenvalue weighted by atomic mass is 10.0. The first-order chi connectivity index (χ1) is 8.56. The molecule has 5 nitrogen and oxygen atoms in total. The van der Waals surface area contributed by atoms with Crippen molar-refractivity contribution in [2.45, 2.75) is 25.4 Å². The fraction of sp³-hybridized carbons (Fsp3) is 0.364. The van der Waals surface area contributed by atoms with Crippen molar-refractivity contribution in [2.24, 2.45) is 0 Å². The van der Waals surface area contributed by atoms with Gasteiger partial charge in [0.2, 0.25) is 11.8 Å². The van der Waals surface area contributed by atoms with E-state index in [0.29, 0.717) is 23.3 Å². The number of hydrogen-bond donors (Lipinski definition) is 1. The Hall–Kier alpha value is -1.63. The van der Waals surface area contributed by atoms with Crippen molar-refractivity contribution >= 4 is 41.7 Å². The van der Waals surface area contributed by atoms with Crippen LogP contribution in [0.5, 0.6) is 0 Å². The Bertz CT molecular complexity index is 569. The van der Waals surface area contributed by atoms with Crippen LogP contribution in [0.1, 0.15) is 28.1 Å². The van der Waals surface area contributed by atoms with Gasteiger partial charge in [-0.05, 0) is 17.3 Å². The largest absolute Gasteiger partial charge is 0.321 e. The van der Waals surface area contributed by atoms with E-state index in [1.165, 1.54) is 16.2 Å². The summed E-state index contributed by atoms with van der Waals surface area (Å²) in [5, 5.41) is 2.26. The van der Waals surface area contributed by atoms with Crippen molar-refractivity contribution in [1.82, 2.24) is 10.2 Å². The van der Waals surface area contributed by atoms with Crippen molar-refractivity contribution in [3.8, 4) is 0 Å². The van der Waals surface area contributed by atoms with E-state index in [4.69, 9.17) is 7.85 Å². The maximum Gasteiger partial charge on any atom is 0.256 e. The van der Waals surface area contributed by atoms with Crippen LogP contribution in [0.3, 0.4) is 0 Å². The zero-order valence-corrected chi connectivity index (χ0v) is 10.3. The second-order valence-corrected chi connectivity index (χ2v) is 5.55. The minimum Gasteiger partial charge on any atom is -0.321 e. The number of nitrogens with one attached hydrogen (secondary N) is 1. The molecule has 0 aromatic carbocycles. The molecule has 0 aliphatic carbocycles. The van der Waals surface area contributed by atoms with E-state index in [0.717, 1.165) is 4.88 Å². The predicted molar refractivity (Wildman–Crippen MR) is 65.8 cm³/mol.